The molecule has 136 valence electrons. The maximum Gasteiger partial charge on any atom is 0.241 e. The molecule has 6 heteroatoms. The zero-order valence-electron chi connectivity index (χ0n) is 15.0. The molecule has 3 aromatic heterocycles. The predicted molar refractivity (Wildman–Crippen MR) is 109 cm³/mol. The summed E-state index contributed by atoms with van der Waals surface area (Å²) >= 11 is 3.68. The molecule has 1 aliphatic rings. The van der Waals surface area contributed by atoms with E-state index in [1.807, 2.05) is 40.9 Å². The van der Waals surface area contributed by atoms with Crippen LogP contribution in [0.1, 0.15) is 32.8 Å². The number of rotatable bonds is 4. The lowest BCUT2D eigenvalue weighted by atomic mass is 9.98. The van der Waals surface area contributed by atoms with Gasteiger partial charge in [0.25, 0.3) is 0 Å². The van der Waals surface area contributed by atoms with Crippen molar-refractivity contribution in [1.29, 1.82) is 0 Å². The van der Waals surface area contributed by atoms with Crippen LogP contribution in [0.3, 0.4) is 0 Å². The second kappa shape index (κ2) is 7.03. The van der Waals surface area contributed by atoms with Crippen LogP contribution in [0.25, 0.3) is 11.4 Å². The molecule has 4 aromatic rings. The summed E-state index contributed by atoms with van der Waals surface area (Å²) in [4.78, 5) is 10.0. The van der Waals surface area contributed by atoms with E-state index >= 15 is 0 Å². The molecule has 27 heavy (non-hydrogen) atoms. The molecule has 0 bridgehead atoms. The topological polar surface area (TPSA) is 42.2 Å². The lowest BCUT2D eigenvalue weighted by Crippen LogP contribution is -2.34. The molecule has 0 aliphatic carbocycles. The van der Waals surface area contributed by atoms with E-state index in [1.165, 1.54) is 15.3 Å². The maximum absolute atomic E-state index is 5.62. The van der Waals surface area contributed by atoms with Crippen LogP contribution in [0.15, 0.2) is 57.7 Å². The summed E-state index contributed by atoms with van der Waals surface area (Å²) in [7, 11) is 0. The highest BCUT2D eigenvalue weighted by molar-refractivity contribution is 7.10. The van der Waals surface area contributed by atoms with Crippen LogP contribution in [-0.4, -0.2) is 21.6 Å². The molecular weight excluding hydrogens is 374 g/mol. The highest BCUT2D eigenvalue weighted by atomic mass is 32.1. The molecular formula is C21H19N3OS2. The highest BCUT2D eigenvalue weighted by Crippen LogP contribution is 2.40. The van der Waals surface area contributed by atoms with Crippen molar-refractivity contribution in [1.82, 2.24) is 15.0 Å². The highest BCUT2D eigenvalue weighted by Gasteiger charge is 2.31. The van der Waals surface area contributed by atoms with Gasteiger partial charge in [0.15, 0.2) is 0 Å². The van der Waals surface area contributed by atoms with Crippen molar-refractivity contribution in [2.45, 2.75) is 25.9 Å². The van der Waals surface area contributed by atoms with Crippen molar-refractivity contribution >= 4 is 22.7 Å². The molecule has 1 aromatic carbocycles. The SMILES string of the molecule is Cc1ccccc1-c1noc(CN2CCc3sccc3C2c2cccs2)n1. The first kappa shape index (κ1) is 16.9. The molecule has 0 fully saturated rings. The minimum atomic E-state index is 0.272. The first-order valence-electron chi connectivity index (χ1n) is 9.02. The Balaban J connectivity index is 1.44. The van der Waals surface area contributed by atoms with E-state index in [-0.39, 0.29) is 6.04 Å². The second-order valence-electron chi connectivity index (χ2n) is 6.76. The first-order chi connectivity index (χ1) is 13.3. The zero-order valence-corrected chi connectivity index (χ0v) is 16.6. The van der Waals surface area contributed by atoms with Gasteiger partial charge in [0.05, 0.1) is 12.6 Å². The number of benzene rings is 1. The third-order valence-electron chi connectivity index (χ3n) is 5.07. The monoisotopic (exact) mass is 393 g/mol. The van der Waals surface area contributed by atoms with Gasteiger partial charge in [-0.3, -0.25) is 4.90 Å². The minimum Gasteiger partial charge on any atom is -0.338 e. The fraction of sp³-hybridized carbons (Fsp3) is 0.238. The summed E-state index contributed by atoms with van der Waals surface area (Å²) in [6.45, 7) is 3.73. The Morgan fingerprint density at radius 1 is 1.11 bits per heavy atom. The minimum absolute atomic E-state index is 0.272. The van der Waals surface area contributed by atoms with Gasteiger partial charge in [-0.15, -0.1) is 22.7 Å². The van der Waals surface area contributed by atoms with E-state index in [0.29, 0.717) is 18.3 Å². The van der Waals surface area contributed by atoms with E-state index in [9.17, 15) is 0 Å². The third kappa shape index (κ3) is 3.14. The van der Waals surface area contributed by atoms with Gasteiger partial charge in [-0.1, -0.05) is 35.5 Å². The average Bonchev–Trinajstić information content (AvgIpc) is 3.44. The van der Waals surface area contributed by atoms with Crippen molar-refractivity contribution < 1.29 is 4.52 Å². The molecule has 0 saturated heterocycles. The van der Waals surface area contributed by atoms with Crippen LogP contribution in [0.5, 0.6) is 0 Å². The van der Waals surface area contributed by atoms with E-state index in [1.54, 1.807) is 0 Å². The van der Waals surface area contributed by atoms with Gasteiger partial charge in [0.2, 0.25) is 11.7 Å². The van der Waals surface area contributed by atoms with Gasteiger partial charge in [-0.25, -0.2) is 0 Å². The second-order valence-corrected chi connectivity index (χ2v) is 8.74. The molecule has 0 amide bonds. The van der Waals surface area contributed by atoms with Crippen molar-refractivity contribution in [3.8, 4) is 11.4 Å². The Morgan fingerprint density at radius 3 is 2.89 bits per heavy atom. The predicted octanol–water partition coefficient (Wildman–Crippen LogP) is 5.32. The molecule has 1 aliphatic heterocycles. The van der Waals surface area contributed by atoms with Gasteiger partial charge in [-0.2, -0.15) is 4.98 Å². The van der Waals surface area contributed by atoms with Crippen molar-refractivity contribution in [3.63, 3.8) is 0 Å². The van der Waals surface area contributed by atoms with Crippen LogP contribution in [-0.2, 0) is 13.0 Å². The summed E-state index contributed by atoms with van der Waals surface area (Å²) in [5.41, 5.74) is 3.61. The van der Waals surface area contributed by atoms with Crippen LogP contribution >= 0.6 is 22.7 Å². The summed E-state index contributed by atoms with van der Waals surface area (Å²) in [5.74, 6) is 1.34. The largest absolute Gasteiger partial charge is 0.338 e. The first-order valence-corrected chi connectivity index (χ1v) is 10.8. The molecule has 1 atom stereocenters. The summed E-state index contributed by atoms with van der Waals surface area (Å²) in [6.07, 6.45) is 1.08. The standard InChI is InChI=1S/C21H19N3OS2/c1-14-5-2-3-6-15(14)21-22-19(25-23-21)13-24-10-8-17-16(9-12-27-17)20(24)18-7-4-11-26-18/h2-7,9,11-12,20H,8,10,13H2,1H3. The average molecular weight is 394 g/mol. The summed E-state index contributed by atoms with van der Waals surface area (Å²) in [5, 5.41) is 8.58. The smallest absolute Gasteiger partial charge is 0.241 e. The Hall–Kier alpha value is -2.28. The van der Waals surface area contributed by atoms with Gasteiger partial charge >= 0.3 is 0 Å². The number of thiophene rings is 2. The molecule has 4 nitrogen and oxygen atoms in total. The Kier molecular flexibility index (Phi) is 4.39. The van der Waals surface area contributed by atoms with E-state index in [2.05, 4.69) is 57.0 Å². The van der Waals surface area contributed by atoms with Crippen LogP contribution in [0.2, 0.25) is 0 Å². The molecule has 4 heterocycles. The molecule has 5 rings (SSSR count). The maximum atomic E-state index is 5.62. The molecule has 0 saturated carbocycles. The van der Waals surface area contributed by atoms with Crippen molar-refractivity contribution in [2.24, 2.45) is 0 Å². The summed E-state index contributed by atoms with van der Waals surface area (Å²) < 4.78 is 5.62. The molecule has 0 radical (unpaired) electrons. The van der Waals surface area contributed by atoms with Crippen LogP contribution in [0.4, 0.5) is 0 Å². The normalized spacial score (nSPS) is 17.1. The lowest BCUT2D eigenvalue weighted by molar-refractivity contribution is 0.181. The van der Waals surface area contributed by atoms with Gasteiger partial charge in [0.1, 0.15) is 0 Å². The van der Waals surface area contributed by atoms with Crippen molar-refractivity contribution in [3.05, 3.63) is 80.0 Å². The van der Waals surface area contributed by atoms with Gasteiger partial charge in [-0.05, 0) is 47.4 Å². The Bertz CT molecular complexity index is 1050. The number of hydrogen-bond acceptors (Lipinski definition) is 6. The van der Waals surface area contributed by atoms with Crippen molar-refractivity contribution in [2.75, 3.05) is 6.54 Å². The van der Waals surface area contributed by atoms with E-state index in [0.717, 1.165) is 24.1 Å². The number of fused-ring (bicyclic) bond motifs is 1. The fourth-order valence-electron chi connectivity index (χ4n) is 3.74. The summed E-state index contributed by atoms with van der Waals surface area (Å²) in [6, 6.07) is 15.0. The molecule has 0 N–H and O–H groups in total. The van der Waals surface area contributed by atoms with E-state index < -0.39 is 0 Å². The number of aryl methyl sites for hydroxylation is 1. The molecule has 0 spiro atoms. The quantitative estimate of drug-likeness (QED) is 0.471. The number of nitrogens with zero attached hydrogens (tertiary/aromatic N) is 3. The Morgan fingerprint density at radius 2 is 2.04 bits per heavy atom. The van der Waals surface area contributed by atoms with Crippen LogP contribution < -0.4 is 0 Å². The third-order valence-corrected chi connectivity index (χ3v) is 6.99. The van der Waals surface area contributed by atoms with Gasteiger partial charge in [0, 0.05) is 21.9 Å². The Labute approximate surface area is 166 Å². The zero-order chi connectivity index (χ0) is 18.2. The van der Waals surface area contributed by atoms with Crippen LogP contribution in [0, 0.1) is 6.92 Å². The lowest BCUT2D eigenvalue weighted by Gasteiger charge is -2.34. The van der Waals surface area contributed by atoms with Gasteiger partial charge < -0.3 is 4.52 Å². The number of aromatic nitrogens is 2. The van der Waals surface area contributed by atoms with E-state index in [4.69, 9.17) is 4.52 Å². The molecule has 1 unspecified atom stereocenters. The number of hydrogen-bond donors (Lipinski definition) is 0. The fourth-order valence-corrected chi connectivity index (χ4v) is 5.52.